The number of amides is 3. The Kier molecular flexibility index (Phi) is 7.13. The molecule has 2 aliphatic rings. The summed E-state index contributed by atoms with van der Waals surface area (Å²) in [5, 5.41) is 6.18. The summed E-state index contributed by atoms with van der Waals surface area (Å²) in [4.78, 5) is 26.7. The molecule has 148 valence electrons. The van der Waals surface area contributed by atoms with Gasteiger partial charge in [-0.25, -0.2) is 4.79 Å². The summed E-state index contributed by atoms with van der Waals surface area (Å²) >= 11 is 0. The molecule has 3 rings (SSSR count). The average molecular weight is 372 g/mol. The standard InChI is InChI=1S/C22H33N3O2/c1-17-9-12-20(13-10-17)24-22(27)25-15-5-6-18(16-25)11-14-21(26)23-19-7-3-2-4-8-19/h9-10,12-13,18-19H,2-8,11,14-16H2,1H3,(H,23,26)(H,24,27)/t18-/m1/s1. The van der Waals surface area contributed by atoms with Gasteiger partial charge < -0.3 is 15.5 Å². The fourth-order valence-corrected chi connectivity index (χ4v) is 4.21. The maximum atomic E-state index is 12.5. The Morgan fingerprint density at radius 1 is 1.04 bits per heavy atom. The number of nitrogens with zero attached hydrogens (tertiary/aromatic N) is 1. The van der Waals surface area contributed by atoms with Crippen molar-refractivity contribution in [2.45, 2.75) is 70.8 Å². The molecule has 1 atom stereocenters. The molecule has 1 saturated carbocycles. The smallest absolute Gasteiger partial charge is 0.321 e. The first kappa shape index (κ1) is 19.7. The largest absolute Gasteiger partial charge is 0.353 e. The van der Waals surface area contributed by atoms with E-state index in [9.17, 15) is 9.59 Å². The quantitative estimate of drug-likeness (QED) is 0.802. The maximum Gasteiger partial charge on any atom is 0.321 e. The number of hydrogen-bond donors (Lipinski definition) is 2. The zero-order valence-corrected chi connectivity index (χ0v) is 16.5. The molecular weight excluding hydrogens is 338 g/mol. The van der Waals surface area contributed by atoms with Gasteiger partial charge in [0, 0.05) is 31.2 Å². The van der Waals surface area contributed by atoms with E-state index >= 15 is 0 Å². The van der Waals surface area contributed by atoms with Crippen molar-refractivity contribution in [2.24, 2.45) is 5.92 Å². The van der Waals surface area contributed by atoms with Crippen LogP contribution in [-0.2, 0) is 4.79 Å². The van der Waals surface area contributed by atoms with Crippen molar-refractivity contribution < 1.29 is 9.59 Å². The third-order valence-corrected chi connectivity index (χ3v) is 5.86. The molecule has 1 aromatic carbocycles. The monoisotopic (exact) mass is 371 g/mol. The lowest BCUT2D eigenvalue weighted by Gasteiger charge is -2.33. The average Bonchev–Trinajstić information content (AvgIpc) is 2.69. The number of nitrogens with one attached hydrogen (secondary N) is 2. The van der Waals surface area contributed by atoms with Crippen molar-refractivity contribution in [3.63, 3.8) is 0 Å². The summed E-state index contributed by atoms with van der Waals surface area (Å²) in [5.74, 6) is 0.600. The molecule has 1 heterocycles. The highest BCUT2D eigenvalue weighted by molar-refractivity contribution is 5.89. The van der Waals surface area contributed by atoms with Gasteiger partial charge in [-0.15, -0.1) is 0 Å². The number of aryl methyl sites for hydroxylation is 1. The number of piperidine rings is 1. The molecule has 0 unspecified atom stereocenters. The highest BCUT2D eigenvalue weighted by Gasteiger charge is 2.24. The van der Waals surface area contributed by atoms with Gasteiger partial charge in [0.25, 0.3) is 0 Å². The number of rotatable bonds is 5. The summed E-state index contributed by atoms with van der Waals surface area (Å²) in [7, 11) is 0. The van der Waals surface area contributed by atoms with Gasteiger partial charge in [0.05, 0.1) is 0 Å². The van der Waals surface area contributed by atoms with Crippen LogP contribution in [-0.4, -0.2) is 36.0 Å². The number of anilines is 1. The molecule has 0 spiro atoms. The van der Waals surface area contributed by atoms with E-state index in [0.717, 1.165) is 50.9 Å². The van der Waals surface area contributed by atoms with Gasteiger partial charge >= 0.3 is 6.03 Å². The maximum absolute atomic E-state index is 12.5. The molecule has 5 nitrogen and oxygen atoms in total. The van der Waals surface area contributed by atoms with E-state index in [-0.39, 0.29) is 11.9 Å². The Morgan fingerprint density at radius 3 is 2.52 bits per heavy atom. The summed E-state index contributed by atoms with van der Waals surface area (Å²) in [5.41, 5.74) is 2.01. The first-order valence-electron chi connectivity index (χ1n) is 10.5. The van der Waals surface area contributed by atoms with E-state index in [1.165, 1.54) is 24.8 Å². The Hall–Kier alpha value is -2.04. The van der Waals surface area contributed by atoms with Gasteiger partial charge in [0.1, 0.15) is 0 Å². The Balaban J connectivity index is 1.41. The molecule has 1 aliphatic heterocycles. The van der Waals surface area contributed by atoms with E-state index in [2.05, 4.69) is 10.6 Å². The van der Waals surface area contributed by atoms with Gasteiger partial charge in [-0.05, 0) is 57.1 Å². The number of likely N-dealkylation sites (tertiary alicyclic amines) is 1. The molecule has 27 heavy (non-hydrogen) atoms. The highest BCUT2D eigenvalue weighted by Crippen LogP contribution is 2.23. The van der Waals surface area contributed by atoms with Crippen LogP contribution in [0, 0.1) is 12.8 Å². The van der Waals surface area contributed by atoms with Gasteiger partial charge in [-0.1, -0.05) is 37.0 Å². The van der Waals surface area contributed by atoms with Crippen molar-refractivity contribution in [3.8, 4) is 0 Å². The summed E-state index contributed by atoms with van der Waals surface area (Å²) < 4.78 is 0. The molecule has 5 heteroatoms. The fourth-order valence-electron chi connectivity index (χ4n) is 4.21. The van der Waals surface area contributed by atoms with Crippen molar-refractivity contribution in [2.75, 3.05) is 18.4 Å². The molecular formula is C22H33N3O2. The van der Waals surface area contributed by atoms with Crippen LogP contribution in [0.3, 0.4) is 0 Å². The van der Waals surface area contributed by atoms with Crippen molar-refractivity contribution >= 4 is 17.6 Å². The van der Waals surface area contributed by atoms with E-state index in [1.54, 1.807) is 0 Å². The molecule has 0 radical (unpaired) electrons. The number of hydrogen-bond acceptors (Lipinski definition) is 2. The Morgan fingerprint density at radius 2 is 1.78 bits per heavy atom. The normalized spacial score (nSPS) is 20.9. The summed E-state index contributed by atoms with van der Waals surface area (Å²) in [6.07, 6.45) is 9.58. The van der Waals surface area contributed by atoms with Crippen LogP contribution in [0.4, 0.5) is 10.5 Å². The molecule has 1 aliphatic carbocycles. The summed E-state index contributed by atoms with van der Waals surface area (Å²) in [6.45, 7) is 3.57. The van der Waals surface area contributed by atoms with Crippen LogP contribution in [0.1, 0.15) is 63.4 Å². The minimum absolute atomic E-state index is 0.0322. The van der Waals surface area contributed by atoms with E-state index < -0.39 is 0 Å². The minimum atomic E-state index is -0.0322. The van der Waals surface area contributed by atoms with Crippen molar-refractivity contribution in [1.82, 2.24) is 10.2 Å². The van der Waals surface area contributed by atoms with Crippen molar-refractivity contribution in [3.05, 3.63) is 29.8 Å². The lowest BCUT2D eigenvalue weighted by molar-refractivity contribution is -0.122. The van der Waals surface area contributed by atoms with Crippen LogP contribution in [0.15, 0.2) is 24.3 Å². The van der Waals surface area contributed by atoms with Gasteiger partial charge in [-0.2, -0.15) is 0 Å². The zero-order chi connectivity index (χ0) is 19.1. The van der Waals surface area contributed by atoms with Crippen LogP contribution in [0.2, 0.25) is 0 Å². The van der Waals surface area contributed by atoms with E-state index in [4.69, 9.17) is 0 Å². The van der Waals surface area contributed by atoms with E-state index in [1.807, 2.05) is 36.1 Å². The van der Waals surface area contributed by atoms with Gasteiger partial charge in [0.15, 0.2) is 0 Å². The van der Waals surface area contributed by atoms with Gasteiger partial charge in [-0.3, -0.25) is 4.79 Å². The molecule has 1 aromatic rings. The first-order valence-corrected chi connectivity index (χ1v) is 10.5. The van der Waals surface area contributed by atoms with Gasteiger partial charge in [0.2, 0.25) is 5.91 Å². The zero-order valence-electron chi connectivity index (χ0n) is 16.5. The molecule has 2 fully saturated rings. The molecule has 2 N–H and O–H groups in total. The number of benzene rings is 1. The fraction of sp³-hybridized carbons (Fsp3) is 0.636. The second kappa shape index (κ2) is 9.77. The van der Waals surface area contributed by atoms with Crippen LogP contribution < -0.4 is 10.6 Å². The topological polar surface area (TPSA) is 61.4 Å². The predicted molar refractivity (Wildman–Crippen MR) is 109 cm³/mol. The lowest BCUT2D eigenvalue weighted by atomic mass is 9.92. The first-order chi connectivity index (χ1) is 13.1. The SMILES string of the molecule is Cc1ccc(NC(=O)N2CCC[C@H](CCC(=O)NC3CCCCC3)C2)cc1. The summed E-state index contributed by atoms with van der Waals surface area (Å²) in [6, 6.07) is 8.22. The Labute approximate surface area is 162 Å². The Bertz CT molecular complexity index is 623. The third-order valence-electron chi connectivity index (χ3n) is 5.86. The van der Waals surface area contributed by atoms with Crippen LogP contribution >= 0.6 is 0 Å². The number of urea groups is 1. The second-order valence-electron chi connectivity index (χ2n) is 8.19. The van der Waals surface area contributed by atoms with Crippen molar-refractivity contribution in [1.29, 1.82) is 0 Å². The molecule has 1 saturated heterocycles. The number of carbonyl (C=O) groups is 2. The predicted octanol–water partition coefficient (Wildman–Crippen LogP) is 4.47. The van der Waals surface area contributed by atoms with Crippen LogP contribution in [0.25, 0.3) is 0 Å². The lowest BCUT2D eigenvalue weighted by Crippen LogP contribution is -2.42. The highest BCUT2D eigenvalue weighted by atomic mass is 16.2. The van der Waals surface area contributed by atoms with E-state index in [0.29, 0.717) is 18.4 Å². The molecule has 3 amide bonds. The molecule has 0 bridgehead atoms. The minimum Gasteiger partial charge on any atom is -0.353 e. The third kappa shape index (κ3) is 6.26. The van der Waals surface area contributed by atoms with Crippen LogP contribution in [0.5, 0.6) is 0 Å². The number of carbonyl (C=O) groups excluding carboxylic acids is 2. The second-order valence-corrected chi connectivity index (χ2v) is 8.19. The molecule has 0 aromatic heterocycles.